The number of carbonyl (C=O) groups excluding carboxylic acids is 3. The van der Waals surface area contributed by atoms with Gasteiger partial charge in [-0.2, -0.15) is 0 Å². The normalized spacial score (nSPS) is 20.5. The number of carbonyl (C=O) groups is 3. The average molecular weight is 328 g/mol. The SMILES string of the molecule is Cc1ccc2c(c1)C(=O)N(CCCC(=O)N1CCCC(C)C1)C2=O. The molecule has 1 unspecified atom stereocenters. The molecule has 0 aliphatic carbocycles. The zero-order valence-electron chi connectivity index (χ0n) is 14.4. The second-order valence-corrected chi connectivity index (χ2v) is 7.00. The number of piperidine rings is 1. The highest BCUT2D eigenvalue weighted by Gasteiger charge is 2.35. The molecule has 2 aliphatic rings. The van der Waals surface area contributed by atoms with Crippen LogP contribution in [0.15, 0.2) is 18.2 Å². The highest BCUT2D eigenvalue weighted by Crippen LogP contribution is 2.24. The van der Waals surface area contributed by atoms with Crippen molar-refractivity contribution in [2.75, 3.05) is 19.6 Å². The first kappa shape index (κ1) is 16.7. The molecule has 3 amide bonds. The van der Waals surface area contributed by atoms with Gasteiger partial charge in [0, 0.05) is 26.1 Å². The molecule has 0 aromatic heterocycles. The maximum Gasteiger partial charge on any atom is 0.261 e. The van der Waals surface area contributed by atoms with Gasteiger partial charge in [0.05, 0.1) is 11.1 Å². The fraction of sp³-hybridized carbons (Fsp3) is 0.526. The van der Waals surface area contributed by atoms with Gasteiger partial charge >= 0.3 is 0 Å². The summed E-state index contributed by atoms with van der Waals surface area (Å²) in [6.45, 7) is 6.03. The van der Waals surface area contributed by atoms with Gasteiger partial charge in [0.1, 0.15) is 0 Å². The van der Waals surface area contributed by atoms with Gasteiger partial charge < -0.3 is 4.90 Å². The van der Waals surface area contributed by atoms with Gasteiger partial charge in [-0.05, 0) is 44.2 Å². The molecule has 5 nitrogen and oxygen atoms in total. The zero-order chi connectivity index (χ0) is 17.3. The Morgan fingerprint density at radius 3 is 2.71 bits per heavy atom. The van der Waals surface area contributed by atoms with E-state index >= 15 is 0 Å². The molecule has 0 N–H and O–H groups in total. The van der Waals surface area contributed by atoms with Crippen molar-refractivity contribution in [3.05, 3.63) is 34.9 Å². The molecule has 0 spiro atoms. The number of likely N-dealkylation sites (tertiary alicyclic amines) is 1. The highest BCUT2D eigenvalue weighted by atomic mass is 16.2. The summed E-state index contributed by atoms with van der Waals surface area (Å²) in [6, 6.07) is 5.32. The van der Waals surface area contributed by atoms with E-state index in [0.29, 0.717) is 36.4 Å². The largest absolute Gasteiger partial charge is 0.342 e. The predicted molar refractivity (Wildman–Crippen MR) is 90.8 cm³/mol. The van der Waals surface area contributed by atoms with Crippen LogP contribution in [0.5, 0.6) is 0 Å². The fourth-order valence-corrected chi connectivity index (χ4v) is 3.57. The number of amides is 3. The van der Waals surface area contributed by atoms with E-state index in [-0.39, 0.29) is 17.7 Å². The second-order valence-electron chi connectivity index (χ2n) is 7.00. The Morgan fingerprint density at radius 2 is 1.96 bits per heavy atom. The molecule has 3 rings (SSSR count). The molecule has 0 saturated carbocycles. The van der Waals surface area contributed by atoms with Crippen molar-refractivity contribution < 1.29 is 14.4 Å². The summed E-state index contributed by atoms with van der Waals surface area (Å²) in [5.41, 5.74) is 1.92. The van der Waals surface area contributed by atoms with Crippen LogP contribution in [-0.2, 0) is 4.79 Å². The minimum absolute atomic E-state index is 0.133. The fourth-order valence-electron chi connectivity index (χ4n) is 3.57. The van der Waals surface area contributed by atoms with Gasteiger partial charge in [-0.15, -0.1) is 0 Å². The number of hydrogen-bond acceptors (Lipinski definition) is 3. The van der Waals surface area contributed by atoms with Crippen LogP contribution in [0.3, 0.4) is 0 Å². The first-order valence-electron chi connectivity index (χ1n) is 8.72. The van der Waals surface area contributed by atoms with Gasteiger partial charge in [0.25, 0.3) is 11.8 Å². The van der Waals surface area contributed by atoms with Crippen LogP contribution in [0.25, 0.3) is 0 Å². The first-order chi connectivity index (χ1) is 11.5. The standard InChI is InChI=1S/C19H24N2O3/c1-13-7-8-15-16(11-13)19(24)21(18(15)23)10-4-6-17(22)20-9-3-5-14(2)12-20/h7-8,11,14H,3-6,9-10,12H2,1-2H3. The molecule has 1 fully saturated rings. The summed E-state index contributed by atoms with van der Waals surface area (Å²) < 4.78 is 0. The molecule has 24 heavy (non-hydrogen) atoms. The number of rotatable bonds is 4. The van der Waals surface area contributed by atoms with Crippen molar-refractivity contribution >= 4 is 17.7 Å². The topological polar surface area (TPSA) is 57.7 Å². The Kier molecular flexibility index (Phi) is 4.69. The molecule has 1 saturated heterocycles. The van der Waals surface area contributed by atoms with Crippen LogP contribution >= 0.6 is 0 Å². The molecule has 2 heterocycles. The number of hydrogen-bond donors (Lipinski definition) is 0. The quantitative estimate of drug-likeness (QED) is 0.798. The number of benzene rings is 1. The molecule has 128 valence electrons. The van der Waals surface area contributed by atoms with Crippen LogP contribution in [0, 0.1) is 12.8 Å². The molecule has 0 bridgehead atoms. The van der Waals surface area contributed by atoms with Crippen molar-refractivity contribution in [3.8, 4) is 0 Å². The summed E-state index contributed by atoms with van der Waals surface area (Å²) in [5, 5.41) is 0. The summed E-state index contributed by atoms with van der Waals surface area (Å²) >= 11 is 0. The Balaban J connectivity index is 1.55. The third-order valence-corrected chi connectivity index (χ3v) is 4.91. The van der Waals surface area contributed by atoms with Gasteiger partial charge in [0.15, 0.2) is 0 Å². The smallest absolute Gasteiger partial charge is 0.261 e. The van der Waals surface area contributed by atoms with E-state index in [4.69, 9.17) is 0 Å². The van der Waals surface area contributed by atoms with Crippen LogP contribution in [0.4, 0.5) is 0 Å². The van der Waals surface area contributed by atoms with E-state index in [2.05, 4.69) is 6.92 Å². The summed E-state index contributed by atoms with van der Waals surface area (Å²) in [7, 11) is 0. The lowest BCUT2D eigenvalue weighted by Gasteiger charge is -2.31. The minimum atomic E-state index is -0.242. The van der Waals surface area contributed by atoms with E-state index in [1.54, 1.807) is 12.1 Å². The zero-order valence-corrected chi connectivity index (χ0v) is 14.4. The van der Waals surface area contributed by atoms with Crippen molar-refractivity contribution in [2.45, 2.75) is 39.5 Å². The van der Waals surface area contributed by atoms with E-state index in [9.17, 15) is 14.4 Å². The third kappa shape index (κ3) is 3.21. The van der Waals surface area contributed by atoms with Gasteiger partial charge in [-0.1, -0.05) is 18.6 Å². The molecular weight excluding hydrogens is 304 g/mol. The lowest BCUT2D eigenvalue weighted by Crippen LogP contribution is -2.39. The highest BCUT2D eigenvalue weighted by molar-refractivity contribution is 6.21. The Hall–Kier alpha value is -2.17. The molecular formula is C19H24N2O3. The van der Waals surface area contributed by atoms with Gasteiger partial charge in [-0.25, -0.2) is 0 Å². The van der Waals surface area contributed by atoms with Crippen LogP contribution in [0.1, 0.15) is 58.9 Å². The van der Waals surface area contributed by atoms with Gasteiger partial charge in [-0.3, -0.25) is 19.3 Å². The van der Waals surface area contributed by atoms with Crippen molar-refractivity contribution in [2.24, 2.45) is 5.92 Å². The van der Waals surface area contributed by atoms with Crippen molar-refractivity contribution in [1.82, 2.24) is 9.80 Å². The predicted octanol–water partition coefficient (Wildman–Crippen LogP) is 2.63. The van der Waals surface area contributed by atoms with Gasteiger partial charge in [0.2, 0.25) is 5.91 Å². The molecule has 0 radical (unpaired) electrons. The van der Waals surface area contributed by atoms with E-state index in [1.807, 2.05) is 17.9 Å². The molecule has 1 atom stereocenters. The third-order valence-electron chi connectivity index (χ3n) is 4.91. The number of fused-ring (bicyclic) bond motifs is 1. The average Bonchev–Trinajstić information content (AvgIpc) is 2.79. The van der Waals surface area contributed by atoms with Crippen LogP contribution < -0.4 is 0 Å². The molecule has 2 aliphatic heterocycles. The van der Waals surface area contributed by atoms with E-state index < -0.39 is 0 Å². The first-order valence-corrected chi connectivity index (χ1v) is 8.72. The van der Waals surface area contributed by atoms with Crippen molar-refractivity contribution in [1.29, 1.82) is 0 Å². The Bertz CT molecular complexity index is 683. The van der Waals surface area contributed by atoms with E-state index in [0.717, 1.165) is 25.1 Å². The van der Waals surface area contributed by atoms with Crippen molar-refractivity contribution in [3.63, 3.8) is 0 Å². The molecule has 1 aromatic carbocycles. The Morgan fingerprint density at radius 1 is 1.21 bits per heavy atom. The maximum atomic E-state index is 12.4. The number of imide groups is 1. The summed E-state index contributed by atoms with van der Waals surface area (Å²) in [6.07, 6.45) is 3.15. The van der Waals surface area contributed by atoms with E-state index in [1.165, 1.54) is 11.3 Å². The molecule has 1 aromatic rings. The monoisotopic (exact) mass is 328 g/mol. The minimum Gasteiger partial charge on any atom is -0.342 e. The lowest BCUT2D eigenvalue weighted by atomic mass is 10.00. The Labute approximate surface area is 142 Å². The van der Waals surface area contributed by atoms with Crippen LogP contribution in [0.2, 0.25) is 0 Å². The molecule has 5 heteroatoms. The lowest BCUT2D eigenvalue weighted by molar-refractivity contribution is -0.133. The maximum absolute atomic E-state index is 12.4. The summed E-state index contributed by atoms with van der Waals surface area (Å²) in [4.78, 5) is 40.2. The van der Waals surface area contributed by atoms with Crippen LogP contribution in [-0.4, -0.2) is 47.2 Å². The second kappa shape index (κ2) is 6.75. The number of aryl methyl sites for hydroxylation is 1. The number of nitrogens with zero attached hydrogens (tertiary/aromatic N) is 2. The summed E-state index contributed by atoms with van der Waals surface area (Å²) in [5.74, 6) is 0.211.